The Bertz CT molecular complexity index is 491. The summed E-state index contributed by atoms with van der Waals surface area (Å²) in [6.07, 6.45) is 3.58. The van der Waals surface area contributed by atoms with E-state index in [2.05, 4.69) is 17.2 Å². The number of aromatic nitrogens is 1. The SMILES string of the molecule is Cc1ccc(C(=O)NCC2(O)CCC(C)CC2)c(C)n1. The number of hydrogen-bond acceptors (Lipinski definition) is 3. The quantitative estimate of drug-likeness (QED) is 0.891. The lowest BCUT2D eigenvalue weighted by molar-refractivity contribution is -0.00541. The molecule has 1 heterocycles. The molecule has 1 aromatic heterocycles. The highest BCUT2D eigenvalue weighted by Crippen LogP contribution is 2.31. The molecule has 0 aliphatic heterocycles. The van der Waals surface area contributed by atoms with Gasteiger partial charge in [-0.1, -0.05) is 6.92 Å². The lowest BCUT2D eigenvalue weighted by atomic mass is 9.79. The molecule has 1 aliphatic carbocycles. The normalized spacial score (nSPS) is 26.3. The lowest BCUT2D eigenvalue weighted by Crippen LogP contribution is -2.45. The second-order valence-electron chi connectivity index (χ2n) is 6.18. The molecule has 2 rings (SSSR count). The van der Waals surface area contributed by atoms with Crippen molar-refractivity contribution in [2.45, 2.75) is 52.1 Å². The third-order valence-corrected chi connectivity index (χ3v) is 4.25. The lowest BCUT2D eigenvalue weighted by Gasteiger charge is -2.35. The van der Waals surface area contributed by atoms with Crippen LogP contribution in [-0.4, -0.2) is 28.1 Å². The van der Waals surface area contributed by atoms with E-state index >= 15 is 0 Å². The highest BCUT2D eigenvalue weighted by molar-refractivity contribution is 5.95. The van der Waals surface area contributed by atoms with Crippen molar-refractivity contribution in [2.24, 2.45) is 5.92 Å². The molecule has 2 N–H and O–H groups in total. The zero-order valence-electron chi connectivity index (χ0n) is 12.6. The van der Waals surface area contributed by atoms with E-state index < -0.39 is 5.60 Å². The molecule has 0 radical (unpaired) electrons. The van der Waals surface area contributed by atoms with Crippen LogP contribution in [0.15, 0.2) is 12.1 Å². The van der Waals surface area contributed by atoms with Gasteiger partial charge in [0.2, 0.25) is 0 Å². The van der Waals surface area contributed by atoms with Crippen molar-refractivity contribution < 1.29 is 9.90 Å². The predicted octanol–water partition coefficient (Wildman–Crippen LogP) is 2.37. The molecular weight excluding hydrogens is 252 g/mol. The minimum Gasteiger partial charge on any atom is -0.388 e. The van der Waals surface area contributed by atoms with Crippen LogP contribution < -0.4 is 5.32 Å². The van der Waals surface area contributed by atoms with Gasteiger partial charge in [-0.15, -0.1) is 0 Å². The van der Waals surface area contributed by atoms with Crippen molar-refractivity contribution in [3.05, 3.63) is 29.1 Å². The summed E-state index contributed by atoms with van der Waals surface area (Å²) < 4.78 is 0. The number of nitrogens with zero attached hydrogens (tertiary/aromatic N) is 1. The fraction of sp³-hybridized carbons (Fsp3) is 0.625. The van der Waals surface area contributed by atoms with Crippen LogP contribution in [0.3, 0.4) is 0 Å². The summed E-state index contributed by atoms with van der Waals surface area (Å²) in [7, 11) is 0. The first kappa shape index (κ1) is 15.0. The highest BCUT2D eigenvalue weighted by atomic mass is 16.3. The Hall–Kier alpha value is -1.42. The molecule has 1 amide bonds. The molecule has 110 valence electrons. The van der Waals surface area contributed by atoms with Crippen LogP contribution in [0.1, 0.15) is 54.4 Å². The Kier molecular flexibility index (Phi) is 4.43. The van der Waals surface area contributed by atoms with Crippen molar-refractivity contribution in [3.8, 4) is 0 Å². The van der Waals surface area contributed by atoms with Crippen LogP contribution in [0.4, 0.5) is 0 Å². The van der Waals surface area contributed by atoms with Crippen LogP contribution in [0.5, 0.6) is 0 Å². The van der Waals surface area contributed by atoms with Gasteiger partial charge >= 0.3 is 0 Å². The van der Waals surface area contributed by atoms with Crippen molar-refractivity contribution in [1.82, 2.24) is 10.3 Å². The number of hydrogen-bond donors (Lipinski definition) is 2. The summed E-state index contributed by atoms with van der Waals surface area (Å²) in [4.78, 5) is 16.5. The average molecular weight is 276 g/mol. The molecule has 1 aliphatic rings. The van der Waals surface area contributed by atoms with E-state index in [1.807, 2.05) is 19.9 Å². The molecule has 0 unspecified atom stereocenters. The molecule has 1 aromatic rings. The van der Waals surface area contributed by atoms with E-state index in [1.165, 1.54) is 0 Å². The maximum Gasteiger partial charge on any atom is 0.253 e. The number of carbonyl (C=O) groups excluding carboxylic acids is 1. The van der Waals surface area contributed by atoms with Gasteiger partial charge in [0.1, 0.15) is 0 Å². The minimum atomic E-state index is -0.742. The molecular formula is C16H24N2O2. The van der Waals surface area contributed by atoms with Crippen LogP contribution in [0, 0.1) is 19.8 Å². The van der Waals surface area contributed by atoms with Gasteiger partial charge in [-0.3, -0.25) is 9.78 Å². The number of pyridine rings is 1. The van der Waals surface area contributed by atoms with Gasteiger partial charge in [0.05, 0.1) is 16.9 Å². The van der Waals surface area contributed by atoms with Gasteiger partial charge in [-0.25, -0.2) is 0 Å². The highest BCUT2D eigenvalue weighted by Gasteiger charge is 2.32. The molecule has 4 nitrogen and oxygen atoms in total. The maximum absolute atomic E-state index is 12.2. The van der Waals surface area contributed by atoms with Crippen LogP contribution >= 0.6 is 0 Å². The smallest absolute Gasteiger partial charge is 0.253 e. The van der Waals surface area contributed by atoms with E-state index in [0.29, 0.717) is 18.0 Å². The van der Waals surface area contributed by atoms with E-state index in [0.717, 1.165) is 37.1 Å². The van der Waals surface area contributed by atoms with Crippen LogP contribution in [0.25, 0.3) is 0 Å². The van der Waals surface area contributed by atoms with Crippen molar-refractivity contribution in [1.29, 1.82) is 0 Å². The van der Waals surface area contributed by atoms with Gasteiger partial charge in [-0.05, 0) is 57.6 Å². The number of carbonyl (C=O) groups is 1. The largest absolute Gasteiger partial charge is 0.388 e. The predicted molar refractivity (Wildman–Crippen MR) is 78.6 cm³/mol. The first-order valence-corrected chi connectivity index (χ1v) is 7.34. The fourth-order valence-corrected chi connectivity index (χ4v) is 2.74. The Morgan fingerprint density at radius 1 is 1.40 bits per heavy atom. The molecule has 1 saturated carbocycles. The molecule has 1 fully saturated rings. The van der Waals surface area contributed by atoms with E-state index in [-0.39, 0.29) is 5.91 Å². The standard InChI is InChI=1S/C16H24N2O2/c1-11-6-8-16(20,9-7-11)10-17-15(19)14-5-4-12(2)18-13(14)3/h4-5,11,20H,6-10H2,1-3H3,(H,17,19). The second kappa shape index (κ2) is 5.92. The summed E-state index contributed by atoms with van der Waals surface area (Å²) >= 11 is 0. The van der Waals surface area contributed by atoms with E-state index in [1.54, 1.807) is 6.07 Å². The first-order chi connectivity index (χ1) is 9.39. The molecule has 0 bridgehead atoms. The third kappa shape index (κ3) is 3.57. The zero-order chi connectivity index (χ0) is 14.8. The molecule has 0 aromatic carbocycles. The Labute approximate surface area is 120 Å². The summed E-state index contributed by atoms with van der Waals surface area (Å²) in [5, 5.41) is 13.3. The topological polar surface area (TPSA) is 62.2 Å². The van der Waals surface area contributed by atoms with Crippen molar-refractivity contribution in [3.63, 3.8) is 0 Å². The summed E-state index contributed by atoms with van der Waals surface area (Å²) in [5.41, 5.74) is 1.47. The van der Waals surface area contributed by atoms with Gasteiger partial charge < -0.3 is 10.4 Å². The molecule has 0 spiro atoms. The van der Waals surface area contributed by atoms with Gasteiger partial charge in [0, 0.05) is 12.2 Å². The number of aryl methyl sites for hydroxylation is 2. The molecule has 4 heteroatoms. The fourth-order valence-electron chi connectivity index (χ4n) is 2.74. The summed E-state index contributed by atoms with van der Waals surface area (Å²) in [5.74, 6) is 0.525. The Morgan fingerprint density at radius 2 is 2.05 bits per heavy atom. The number of nitrogens with one attached hydrogen (secondary N) is 1. The molecule has 0 atom stereocenters. The maximum atomic E-state index is 12.2. The second-order valence-corrected chi connectivity index (χ2v) is 6.18. The van der Waals surface area contributed by atoms with Gasteiger partial charge in [0.25, 0.3) is 5.91 Å². The third-order valence-electron chi connectivity index (χ3n) is 4.25. The Balaban J connectivity index is 1.95. The first-order valence-electron chi connectivity index (χ1n) is 7.34. The van der Waals surface area contributed by atoms with E-state index in [4.69, 9.17) is 0 Å². The monoisotopic (exact) mass is 276 g/mol. The number of aliphatic hydroxyl groups is 1. The number of rotatable bonds is 3. The van der Waals surface area contributed by atoms with Crippen molar-refractivity contribution in [2.75, 3.05) is 6.54 Å². The van der Waals surface area contributed by atoms with Crippen LogP contribution in [-0.2, 0) is 0 Å². The Morgan fingerprint density at radius 3 is 2.65 bits per heavy atom. The van der Waals surface area contributed by atoms with Crippen LogP contribution in [0.2, 0.25) is 0 Å². The van der Waals surface area contributed by atoms with Crippen molar-refractivity contribution >= 4 is 5.91 Å². The zero-order valence-corrected chi connectivity index (χ0v) is 12.6. The average Bonchev–Trinajstić information content (AvgIpc) is 2.40. The van der Waals surface area contributed by atoms with Gasteiger partial charge in [-0.2, -0.15) is 0 Å². The summed E-state index contributed by atoms with van der Waals surface area (Å²) in [6, 6.07) is 3.62. The number of amides is 1. The van der Waals surface area contributed by atoms with E-state index in [9.17, 15) is 9.90 Å². The van der Waals surface area contributed by atoms with Gasteiger partial charge in [0.15, 0.2) is 0 Å². The molecule has 20 heavy (non-hydrogen) atoms. The molecule has 0 saturated heterocycles. The minimum absolute atomic E-state index is 0.151. The summed E-state index contributed by atoms with van der Waals surface area (Å²) in [6.45, 7) is 6.27.